The standard InChI is InChI=1S/C33H40N6O15/c1-16-23(26(43)35-13-21(41)39-25(18(3)53-32(39)49)28(45)50-15-19-10-8-7-9-11-19)37(30(47)51-16)20(40)12-34-27(44)24-17(2)52-31(48)38(24)22(42)14-36-29(46)54-33(4,5)6/h7-11,16-18,23-25H,12-15H2,1-6H3,(H,34,44)(H,35,43)(H,36,46)/t16-,17-,18-,23+,24+,25+/m1/s1. The molecule has 4 rings (SSSR count). The normalized spacial score (nSPS) is 23.5. The Labute approximate surface area is 307 Å². The maximum Gasteiger partial charge on any atom is 0.417 e. The lowest BCUT2D eigenvalue weighted by Crippen LogP contribution is -2.56. The summed E-state index contributed by atoms with van der Waals surface area (Å²) in [4.78, 5) is 129. The first kappa shape index (κ1) is 40.5. The molecule has 1 aromatic carbocycles. The number of imide groups is 3. The van der Waals surface area contributed by atoms with Crippen molar-refractivity contribution in [3.05, 3.63) is 35.9 Å². The summed E-state index contributed by atoms with van der Waals surface area (Å²) in [5, 5.41) is 6.58. The summed E-state index contributed by atoms with van der Waals surface area (Å²) in [7, 11) is 0. The van der Waals surface area contributed by atoms with Gasteiger partial charge in [-0.3, -0.25) is 24.0 Å². The molecule has 0 radical (unpaired) electrons. The number of amides is 9. The number of carbonyl (C=O) groups is 10. The van der Waals surface area contributed by atoms with Crippen molar-refractivity contribution in [1.29, 1.82) is 0 Å². The van der Waals surface area contributed by atoms with Crippen molar-refractivity contribution in [1.82, 2.24) is 30.7 Å². The van der Waals surface area contributed by atoms with Crippen molar-refractivity contribution in [3.8, 4) is 0 Å². The molecule has 3 saturated heterocycles. The van der Waals surface area contributed by atoms with E-state index in [0.717, 1.165) is 0 Å². The number of rotatable bonds is 11. The van der Waals surface area contributed by atoms with Crippen molar-refractivity contribution in [2.45, 2.75) is 90.2 Å². The first-order chi connectivity index (χ1) is 25.3. The summed E-state index contributed by atoms with van der Waals surface area (Å²) in [6.07, 6.45) is -8.09. The fraction of sp³-hybridized carbons (Fsp3) is 0.515. The van der Waals surface area contributed by atoms with E-state index in [4.69, 9.17) is 23.7 Å². The van der Waals surface area contributed by atoms with Crippen LogP contribution in [0.25, 0.3) is 0 Å². The van der Waals surface area contributed by atoms with Crippen LogP contribution in [0, 0.1) is 0 Å². The Hall–Kier alpha value is -6.28. The summed E-state index contributed by atoms with van der Waals surface area (Å²) in [5.74, 6) is -6.30. The minimum Gasteiger partial charge on any atom is -0.459 e. The number of hydrogen-bond acceptors (Lipinski definition) is 15. The number of carbonyl (C=O) groups excluding carboxylic acids is 10. The number of hydrogen-bond donors (Lipinski definition) is 3. The van der Waals surface area contributed by atoms with E-state index in [0.29, 0.717) is 20.3 Å². The zero-order valence-electron chi connectivity index (χ0n) is 30.1. The fourth-order valence-corrected chi connectivity index (χ4v) is 5.61. The largest absolute Gasteiger partial charge is 0.459 e. The van der Waals surface area contributed by atoms with E-state index in [1.54, 1.807) is 51.1 Å². The molecule has 3 heterocycles. The predicted octanol–water partition coefficient (Wildman–Crippen LogP) is -0.305. The number of nitrogens with one attached hydrogen (secondary N) is 3. The SMILES string of the molecule is C[C@H]1OC(=O)N(C(=O)CNC(=O)OC(C)(C)C)[C@@H]1C(=O)NCC(=O)N1C(=O)O[C@H](C)[C@H]1C(=O)NCC(=O)N1C(=O)O[C@H](C)[C@H]1C(=O)OCc1ccccc1. The zero-order chi connectivity index (χ0) is 40.1. The van der Waals surface area contributed by atoms with Crippen LogP contribution in [0.2, 0.25) is 0 Å². The number of ether oxygens (including phenoxy) is 5. The molecular weight excluding hydrogens is 720 g/mol. The van der Waals surface area contributed by atoms with Crippen LogP contribution < -0.4 is 16.0 Å². The highest BCUT2D eigenvalue weighted by molar-refractivity contribution is 6.05. The van der Waals surface area contributed by atoms with Crippen molar-refractivity contribution in [2.75, 3.05) is 19.6 Å². The molecule has 6 atom stereocenters. The monoisotopic (exact) mass is 760 g/mol. The van der Waals surface area contributed by atoms with Crippen LogP contribution >= 0.6 is 0 Å². The van der Waals surface area contributed by atoms with Crippen molar-refractivity contribution >= 4 is 59.9 Å². The number of esters is 1. The van der Waals surface area contributed by atoms with Crippen molar-refractivity contribution in [2.24, 2.45) is 0 Å². The van der Waals surface area contributed by atoms with Crippen LogP contribution in [-0.2, 0) is 59.1 Å². The molecule has 0 saturated carbocycles. The molecule has 1 aromatic rings. The van der Waals surface area contributed by atoms with Gasteiger partial charge in [-0.05, 0) is 47.1 Å². The molecule has 3 fully saturated rings. The number of nitrogens with zero attached hydrogens (tertiary/aromatic N) is 3. The summed E-state index contributed by atoms with van der Waals surface area (Å²) in [5.41, 5.74) is -0.236. The third kappa shape index (κ3) is 9.38. The fourth-order valence-electron chi connectivity index (χ4n) is 5.61. The number of alkyl carbamates (subject to hydrolysis) is 1. The molecule has 21 nitrogen and oxygen atoms in total. The second kappa shape index (κ2) is 16.6. The second-order valence-corrected chi connectivity index (χ2v) is 13.3. The number of benzene rings is 1. The Kier molecular flexibility index (Phi) is 12.4. The topological polar surface area (TPSA) is 263 Å². The highest BCUT2D eigenvalue weighted by atomic mass is 16.6. The predicted molar refractivity (Wildman–Crippen MR) is 176 cm³/mol. The Morgan fingerprint density at radius 2 is 1.02 bits per heavy atom. The van der Waals surface area contributed by atoms with Gasteiger partial charge in [-0.2, -0.15) is 0 Å². The molecule has 3 aliphatic rings. The molecule has 9 amide bonds. The molecule has 3 aliphatic heterocycles. The van der Waals surface area contributed by atoms with E-state index < -0.39 is 122 Å². The molecule has 292 valence electrons. The molecule has 0 bridgehead atoms. The average molecular weight is 761 g/mol. The minimum atomic E-state index is -1.65. The average Bonchev–Trinajstić information content (AvgIpc) is 3.69. The second-order valence-electron chi connectivity index (χ2n) is 13.3. The maximum absolute atomic E-state index is 13.2. The van der Waals surface area contributed by atoms with Gasteiger partial charge < -0.3 is 39.6 Å². The summed E-state index contributed by atoms with van der Waals surface area (Å²) >= 11 is 0. The summed E-state index contributed by atoms with van der Waals surface area (Å²) in [6, 6.07) is 3.90. The van der Waals surface area contributed by atoms with E-state index in [1.807, 2.05) is 0 Å². The molecular formula is C33H40N6O15. The lowest BCUT2D eigenvalue weighted by Gasteiger charge is -2.24. The lowest BCUT2D eigenvalue weighted by molar-refractivity contribution is -0.154. The van der Waals surface area contributed by atoms with E-state index >= 15 is 0 Å². The van der Waals surface area contributed by atoms with Crippen LogP contribution in [0.1, 0.15) is 47.1 Å². The molecule has 0 aliphatic carbocycles. The van der Waals surface area contributed by atoms with E-state index in [1.165, 1.54) is 20.8 Å². The first-order valence-corrected chi connectivity index (χ1v) is 16.6. The molecule has 3 N–H and O–H groups in total. The van der Waals surface area contributed by atoms with Crippen LogP contribution in [-0.4, -0.2) is 136 Å². The summed E-state index contributed by atoms with van der Waals surface area (Å²) < 4.78 is 25.4. The highest BCUT2D eigenvalue weighted by Gasteiger charge is 2.51. The molecule has 0 unspecified atom stereocenters. The quantitative estimate of drug-likeness (QED) is 0.193. The molecule has 54 heavy (non-hydrogen) atoms. The van der Waals surface area contributed by atoms with Crippen LogP contribution in [0.5, 0.6) is 0 Å². The molecule has 0 spiro atoms. The van der Waals surface area contributed by atoms with E-state index in [9.17, 15) is 47.9 Å². The molecule has 0 aromatic heterocycles. The maximum atomic E-state index is 13.2. The van der Waals surface area contributed by atoms with E-state index in [-0.39, 0.29) is 6.61 Å². The first-order valence-electron chi connectivity index (χ1n) is 16.6. The number of cyclic esters (lactones) is 3. The Bertz CT molecular complexity index is 1710. The minimum absolute atomic E-state index is 0.150. The van der Waals surface area contributed by atoms with Crippen molar-refractivity contribution in [3.63, 3.8) is 0 Å². The van der Waals surface area contributed by atoms with Crippen LogP contribution in [0.3, 0.4) is 0 Å². The van der Waals surface area contributed by atoms with Gasteiger partial charge in [-0.25, -0.2) is 38.7 Å². The van der Waals surface area contributed by atoms with Crippen LogP contribution in [0.4, 0.5) is 19.2 Å². The van der Waals surface area contributed by atoms with Gasteiger partial charge >= 0.3 is 30.3 Å². The van der Waals surface area contributed by atoms with Crippen LogP contribution in [0.15, 0.2) is 30.3 Å². The Morgan fingerprint density at radius 1 is 0.630 bits per heavy atom. The van der Waals surface area contributed by atoms with Gasteiger partial charge in [0.2, 0.25) is 11.8 Å². The van der Waals surface area contributed by atoms with Crippen molar-refractivity contribution < 1.29 is 71.6 Å². The third-order valence-corrected chi connectivity index (χ3v) is 8.04. The smallest absolute Gasteiger partial charge is 0.417 e. The Balaban J connectivity index is 1.35. The van der Waals surface area contributed by atoms with Gasteiger partial charge in [0, 0.05) is 0 Å². The van der Waals surface area contributed by atoms with Gasteiger partial charge in [0.25, 0.3) is 17.7 Å². The lowest BCUT2D eigenvalue weighted by atomic mass is 10.1. The third-order valence-electron chi connectivity index (χ3n) is 8.04. The van der Waals surface area contributed by atoms with Gasteiger partial charge in [-0.1, -0.05) is 30.3 Å². The van der Waals surface area contributed by atoms with Gasteiger partial charge in [0.1, 0.15) is 37.1 Å². The zero-order valence-corrected chi connectivity index (χ0v) is 30.1. The Morgan fingerprint density at radius 3 is 1.44 bits per heavy atom. The summed E-state index contributed by atoms with van der Waals surface area (Å²) in [6.45, 7) is 6.04. The van der Waals surface area contributed by atoms with Gasteiger partial charge in [-0.15, -0.1) is 0 Å². The van der Waals surface area contributed by atoms with Gasteiger partial charge in [0.15, 0.2) is 18.1 Å². The van der Waals surface area contributed by atoms with E-state index in [2.05, 4.69) is 16.0 Å². The molecule has 21 heteroatoms. The highest BCUT2D eigenvalue weighted by Crippen LogP contribution is 2.24. The van der Waals surface area contributed by atoms with Gasteiger partial charge in [0.05, 0.1) is 13.1 Å².